The number of carbonyl (C=O) groups is 1. The summed E-state index contributed by atoms with van der Waals surface area (Å²) in [5.74, 6) is 0.677. The van der Waals surface area contributed by atoms with Gasteiger partial charge in [0.05, 0.1) is 26.2 Å². The molecule has 2 heterocycles. The lowest BCUT2D eigenvalue weighted by molar-refractivity contribution is -0.118. The third-order valence-corrected chi connectivity index (χ3v) is 7.15. The lowest BCUT2D eigenvalue weighted by atomic mass is 10.2. The average molecular weight is 597 g/mol. The van der Waals surface area contributed by atoms with Gasteiger partial charge >= 0.3 is 0 Å². The van der Waals surface area contributed by atoms with Crippen LogP contribution >= 0.6 is 33.9 Å². The van der Waals surface area contributed by atoms with Crippen molar-refractivity contribution in [2.45, 2.75) is 6.92 Å². The average Bonchev–Trinajstić information content (AvgIpc) is 3.35. The minimum absolute atomic E-state index is 0.110. The van der Waals surface area contributed by atoms with Crippen molar-refractivity contribution in [3.8, 4) is 11.5 Å². The summed E-state index contributed by atoms with van der Waals surface area (Å²) in [5, 5.41) is 2.81. The van der Waals surface area contributed by atoms with E-state index in [9.17, 15) is 9.59 Å². The number of methoxy groups -OCH3 is 1. The summed E-state index contributed by atoms with van der Waals surface area (Å²) in [6.45, 7) is 1.82. The number of ether oxygens (including phenoxy) is 2. The molecule has 0 unspecified atom stereocenters. The largest absolute Gasteiger partial charge is 0.493 e. The fourth-order valence-electron chi connectivity index (χ4n) is 3.70. The molecule has 0 radical (unpaired) electrons. The van der Waals surface area contributed by atoms with Crippen LogP contribution in [0.3, 0.4) is 0 Å². The highest BCUT2D eigenvalue weighted by Gasteiger charge is 2.15. The Hall–Kier alpha value is -3.44. The molecular formula is C26H20IN3O4S. The van der Waals surface area contributed by atoms with Crippen LogP contribution in [0.4, 0.5) is 5.69 Å². The van der Waals surface area contributed by atoms with E-state index in [1.807, 2.05) is 67.6 Å². The van der Waals surface area contributed by atoms with Crippen molar-refractivity contribution in [3.63, 3.8) is 0 Å². The highest BCUT2D eigenvalue weighted by Crippen LogP contribution is 2.34. The first kappa shape index (κ1) is 23.3. The number of fused-ring (bicyclic) bond motifs is 3. The molecule has 7 nitrogen and oxygen atoms in total. The van der Waals surface area contributed by atoms with Crippen LogP contribution in [0.2, 0.25) is 0 Å². The molecule has 0 aliphatic carbocycles. The van der Waals surface area contributed by atoms with E-state index in [4.69, 9.17) is 9.47 Å². The second kappa shape index (κ2) is 9.67. The summed E-state index contributed by atoms with van der Waals surface area (Å²) < 4.78 is 14.3. The Kier molecular flexibility index (Phi) is 6.44. The molecule has 0 spiro atoms. The number of aryl methyl sites for hydroxylation is 1. The summed E-state index contributed by atoms with van der Waals surface area (Å²) in [6.07, 6.45) is 1.81. The second-order valence-electron chi connectivity index (χ2n) is 7.87. The number of anilines is 1. The SMILES string of the molecule is COc1cc(/C=c2\sc3nc4ccccc4n3c2=O)cc(I)c1OCC(=O)Nc1ccc(C)cc1. The summed E-state index contributed by atoms with van der Waals surface area (Å²) in [6, 6.07) is 18.8. The molecular weight excluding hydrogens is 577 g/mol. The normalized spacial score (nSPS) is 11.8. The van der Waals surface area contributed by atoms with E-state index in [1.165, 1.54) is 11.3 Å². The van der Waals surface area contributed by atoms with Crippen molar-refractivity contribution >= 4 is 67.6 Å². The van der Waals surface area contributed by atoms with Gasteiger partial charge in [0.1, 0.15) is 0 Å². The molecule has 0 atom stereocenters. The monoisotopic (exact) mass is 597 g/mol. The quantitative estimate of drug-likeness (QED) is 0.294. The number of hydrogen-bond donors (Lipinski definition) is 1. The lowest BCUT2D eigenvalue weighted by Crippen LogP contribution is -2.22. The third-order valence-electron chi connectivity index (χ3n) is 5.38. The zero-order valence-electron chi connectivity index (χ0n) is 18.9. The van der Waals surface area contributed by atoms with Gasteiger partial charge in [-0.2, -0.15) is 0 Å². The molecule has 0 aliphatic heterocycles. The molecule has 0 saturated carbocycles. The molecule has 0 bridgehead atoms. The first-order chi connectivity index (χ1) is 16.9. The summed E-state index contributed by atoms with van der Waals surface area (Å²) in [7, 11) is 1.54. The van der Waals surface area contributed by atoms with Crippen molar-refractivity contribution in [1.82, 2.24) is 9.38 Å². The number of imidazole rings is 1. The van der Waals surface area contributed by atoms with Gasteiger partial charge in [0.15, 0.2) is 23.1 Å². The van der Waals surface area contributed by atoms with Gasteiger partial charge in [-0.05, 0) is 77.6 Å². The number of hydrogen-bond acceptors (Lipinski definition) is 6. The molecule has 2 aromatic heterocycles. The zero-order valence-corrected chi connectivity index (χ0v) is 21.8. The van der Waals surface area contributed by atoms with E-state index in [1.54, 1.807) is 17.6 Å². The Bertz CT molecular complexity index is 1680. The molecule has 1 N–H and O–H groups in total. The lowest BCUT2D eigenvalue weighted by Gasteiger charge is -2.13. The number of amides is 1. The van der Waals surface area contributed by atoms with Gasteiger partial charge < -0.3 is 14.8 Å². The molecule has 35 heavy (non-hydrogen) atoms. The van der Waals surface area contributed by atoms with Gasteiger partial charge in [0, 0.05) is 5.69 Å². The maximum absolute atomic E-state index is 13.1. The topological polar surface area (TPSA) is 81.9 Å². The number of aromatic nitrogens is 2. The van der Waals surface area contributed by atoms with Crippen molar-refractivity contribution in [1.29, 1.82) is 0 Å². The molecule has 9 heteroatoms. The fraction of sp³-hybridized carbons (Fsp3) is 0.115. The van der Waals surface area contributed by atoms with Crippen LogP contribution < -0.4 is 24.9 Å². The first-order valence-corrected chi connectivity index (χ1v) is 12.6. The minimum atomic E-state index is -0.271. The highest BCUT2D eigenvalue weighted by molar-refractivity contribution is 14.1. The van der Waals surface area contributed by atoms with Gasteiger partial charge in [0.25, 0.3) is 11.5 Å². The van der Waals surface area contributed by atoms with Gasteiger partial charge in [-0.1, -0.05) is 41.2 Å². The van der Waals surface area contributed by atoms with E-state index in [0.717, 1.165) is 25.7 Å². The highest BCUT2D eigenvalue weighted by atomic mass is 127. The van der Waals surface area contributed by atoms with Crippen LogP contribution in [-0.2, 0) is 4.79 Å². The molecule has 0 aliphatic rings. The first-order valence-electron chi connectivity index (χ1n) is 10.7. The number of nitrogens with one attached hydrogen (secondary N) is 1. The Morgan fingerprint density at radius 1 is 1.17 bits per heavy atom. The van der Waals surface area contributed by atoms with Crippen molar-refractivity contribution in [2.24, 2.45) is 0 Å². The molecule has 5 aromatic rings. The van der Waals surface area contributed by atoms with E-state index in [2.05, 4.69) is 32.9 Å². The van der Waals surface area contributed by atoms with Crippen LogP contribution in [0.15, 0.2) is 65.5 Å². The molecule has 5 rings (SSSR count). The standard InChI is InChI=1S/C26H20IN3O4S/c1-15-7-9-17(10-8-15)28-23(31)14-34-24-18(27)11-16(12-21(24)33-2)13-22-25(32)30-20-6-4-3-5-19(20)29-26(30)35-22/h3-13H,14H2,1-2H3,(H,28,31)/b22-13-. The summed E-state index contributed by atoms with van der Waals surface area (Å²) in [4.78, 5) is 30.6. The van der Waals surface area contributed by atoms with Gasteiger partial charge in [-0.15, -0.1) is 0 Å². The van der Waals surface area contributed by atoms with E-state index < -0.39 is 0 Å². The van der Waals surface area contributed by atoms with Crippen molar-refractivity contribution in [2.75, 3.05) is 19.0 Å². The number of benzene rings is 3. The maximum atomic E-state index is 13.1. The van der Waals surface area contributed by atoms with Crippen LogP contribution in [-0.4, -0.2) is 29.0 Å². The zero-order chi connectivity index (χ0) is 24.5. The van der Waals surface area contributed by atoms with E-state index in [0.29, 0.717) is 26.7 Å². The number of para-hydroxylation sites is 2. The fourth-order valence-corrected chi connectivity index (χ4v) is 5.47. The number of carbonyl (C=O) groups excluding carboxylic acids is 1. The van der Waals surface area contributed by atoms with Gasteiger partial charge in [-0.25, -0.2) is 9.38 Å². The number of rotatable bonds is 6. The Labute approximate surface area is 218 Å². The number of thiazole rings is 1. The van der Waals surface area contributed by atoms with E-state index >= 15 is 0 Å². The molecule has 0 saturated heterocycles. The van der Waals surface area contributed by atoms with Gasteiger partial charge in [-0.3, -0.25) is 9.59 Å². The molecule has 3 aromatic carbocycles. The number of nitrogens with zero attached hydrogens (tertiary/aromatic N) is 2. The minimum Gasteiger partial charge on any atom is -0.493 e. The summed E-state index contributed by atoms with van der Waals surface area (Å²) in [5.41, 5.74) is 4.09. The van der Waals surface area contributed by atoms with Crippen molar-refractivity contribution < 1.29 is 14.3 Å². The predicted molar refractivity (Wildman–Crippen MR) is 147 cm³/mol. The number of halogens is 1. The van der Waals surface area contributed by atoms with Crippen LogP contribution in [0.1, 0.15) is 11.1 Å². The Morgan fingerprint density at radius 2 is 1.94 bits per heavy atom. The molecule has 1 amide bonds. The van der Waals surface area contributed by atoms with Gasteiger partial charge in [0.2, 0.25) is 0 Å². The Balaban J connectivity index is 1.40. The third kappa shape index (κ3) is 4.73. The van der Waals surface area contributed by atoms with Crippen LogP contribution in [0, 0.1) is 10.5 Å². The van der Waals surface area contributed by atoms with Crippen molar-refractivity contribution in [3.05, 3.63) is 90.2 Å². The molecule has 0 fully saturated rings. The van der Waals surface area contributed by atoms with Crippen LogP contribution in [0.25, 0.3) is 22.1 Å². The smallest absolute Gasteiger partial charge is 0.274 e. The molecule has 176 valence electrons. The Morgan fingerprint density at radius 3 is 2.71 bits per heavy atom. The maximum Gasteiger partial charge on any atom is 0.274 e. The van der Waals surface area contributed by atoms with E-state index in [-0.39, 0.29) is 18.1 Å². The second-order valence-corrected chi connectivity index (χ2v) is 10.0. The summed E-state index contributed by atoms with van der Waals surface area (Å²) >= 11 is 3.48. The van der Waals surface area contributed by atoms with Crippen LogP contribution in [0.5, 0.6) is 11.5 Å². The predicted octanol–water partition coefficient (Wildman–Crippen LogP) is 4.40.